The van der Waals surface area contributed by atoms with Crippen LogP contribution in [0.15, 0.2) is 48.5 Å². The van der Waals surface area contributed by atoms with Crippen LogP contribution in [-0.2, 0) is 0 Å². The predicted molar refractivity (Wildman–Crippen MR) is 137 cm³/mol. The van der Waals surface area contributed by atoms with Gasteiger partial charge in [-0.25, -0.2) is 0 Å². The molecule has 33 heavy (non-hydrogen) atoms. The summed E-state index contributed by atoms with van der Waals surface area (Å²) in [6.07, 6.45) is 0. The van der Waals surface area contributed by atoms with E-state index >= 15 is 0 Å². The molecule has 0 saturated heterocycles. The minimum Gasteiger partial charge on any atom is -0.493 e. The molecule has 2 rings (SSSR count). The molecule has 3 N–H and O–H groups in total. The van der Waals surface area contributed by atoms with Crippen LogP contribution in [0.1, 0.15) is 48.4 Å². The number of carbonyl (C=O) groups excluding carboxylic acids is 2. The molecule has 2 aromatic rings. The highest BCUT2D eigenvalue weighted by atomic mass is 32.1. The van der Waals surface area contributed by atoms with E-state index < -0.39 is 0 Å². The average Bonchev–Trinajstić information content (AvgIpc) is 2.81. The number of anilines is 1. The Bertz CT molecular complexity index is 910. The SMILES string of the molecule is CCN(CC)CCNC(=O)c1ccc(NC(=S)NC(=O)c2ccc(OCC(C)C)cc2)cc1. The molecule has 0 saturated carbocycles. The van der Waals surface area contributed by atoms with Crippen LogP contribution >= 0.6 is 12.2 Å². The summed E-state index contributed by atoms with van der Waals surface area (Å²) >= 11 is 5.25. The van der Waals surface area contributed by atoms with Crippen molar-refractivity contribution in [1.82, 2.24) is 15.5 Å². The molecule has 0 aromatic heterocycles. The molecule has 0 aliphatic carbocycles. The van der Waals surface area contributed by atoms with Gasteiger partial charge in [0.05, 0.1) is 6.61 Å². The topological polar surface area (TPSA) is 82.7 Å². The first-order chi connectivity index (χ1) is 15.8. The van der Waals surface area contributed by atoms with Crippen molar-refractivity contribution in [2.45, 2.75) is 27.7 Å². The number of hydrogen-bond donors (Lipinski definition) is 3. The van der Waals surface area contributed by atoms with Crippen molar-refractivity contribution < 1.29 is 14.3 Å². The normalized spacial score (nSPS) is 10.7. The van der Waals surface area contributed by atoms with Gasteiger partial charge >= 0.3 is 0 Å². The number of likely N-dealkylation sites (N-methyl/N-ethyl adjacent to an activating group) is 1. The molecule has 8 heteroatoms. The Hall–Kier alpha value is -2.97. The summed E-state index contributed by atoms with van der Waals surface area (Å²) in [4.78, 5) is 27.0. The lowest BCUT2D eigenvalue weighted by Crippen LogP contribution is -2.35. The van der Waals surface area contributed by atoms with Gasteiger partial charge in [-0.3, -0.25) is 14.9 Å². The van der Waals surface area contributed by atoms with E-state index in [4.69, 9.17) is 17.0 Å². The molecule has 178 valence electrons. The molecule has 0 fully saturated rings. The lowest BCUT2D eigenvalue weighted by molar-refractivity contribution is 0.0947. The minimum absolute atomic E-state index is 0.120. The maximum Gasteiger partial charge on any atom is 0.257 e. The number of nitrogens with one attached hydrogen (secondary N) is 3. The number of thiocarbonyl (C=S) groups is 1. The number of hydrogen-bond acceptors (Lipinski definition) is 5. The fourth-order valence-electron chi connectivity index (χ4n) is 2.98. The van der Waals surface area contributed by atoms with Crippen molar-refractivity contribution in [2.24, 2.45) is 5.92 Å². The zero-order valence-corrected chi connectivity index (χ0v) is 20.6. The number of benzene rings is 2. The Morgan fingerprint density at radius 1 is 0.939 bits per heavy atom. The van der Waals surface area contributed by atoms with Crippen molar-refractivity contribution in [3.8, 4) is 5.75 Å². The van der Waals surface area contributed by atoms with E-state index in [9.17, 15) is 9.59 Å². The quantitative estimate of drug-likeness (QED) is 0.432. The molecule has 0 aliphatic heterocycles. The van der Waals surface area contributed by atoms with E-state index in [0.717, 1.165) is 25.4 Å². The second kappa shape index (κ2) is 13.5. The molecule has 0 aliphatic rings. The number of rotatable bonds is 11. The van der Waals surface area contributed by atoms with Gasteiger partial charge < -0.3 is 20.3 Å². The minimum atomic E-state index is -0.313. The molecule has 0 unspecified atom stereocenters. The Morgan fingerprint density at radius 3 is 2.09 bits per heavy atom. The van der Waals surface area contributed by atoms with Crippen LogP contribution in [0.4, 0.5) is 5.69 Å². The zero-order chi connectivity index (χ0) is 24.2. The lowest BCUT2D eigenvalue weighted by atomic mass is 10.2. The van der Waals surface area contributed by atoms with E-state index in [2.05, 4.69) is 48.5 Å². The molecule has 2 amide bonds. The average molecular weight is 471 g/mol. The van der Waals surface area contributed by atoms with Crippen LogP contribution in [0.2, 0.25) is 0 Å². The molecule has 0 atom stereocenters. The Morgan fingerprint density at radius 2 is 1.52 bits per heavy atom. The maximum atomic E-state index is 12.4. The van der Waals surface area contributed by atoms with Gasteiger partial charge in [0.25, 0.3) is 11.8 Å². The van der Waals surface area contributed by atoms with Crippen LogP contribution in [0.3, 0.4) is 0 Å². The molecular formula is C25H34N4O3S. The third-order valence-electron chi connectivity index (χ3n) is 4.94. The largest absolute Gasteiger partial charge is 0.493 e. The second-order valence-electron chi connectivity index (χ2n) is 8.00. The lowest BCUT2D eigenvalue weighted by Gasteiger charge is -2.18. The molecule has 0 spiro atoms. The summed E-state index contributed by atoms with van der Waals surface area (Å²) in [5.41, 5.74) is 1.72. The second-order valence-corrected chi connectivity index (χ2v) is 8.41. The van der Waals surface area contributed by atoms with Gasteiger partial charge in [0, 0.05) is 29.9 Å². The van der Waals surface area contributed by atoms with E-state index in [1.54, 1.807) is 48.5 Å². The standard InChI is InChI=1S/C25H34N4O3S/c1-5-29(6-2)16-15-26-23(30)19-7-11-21(12-8-19)27-25(33)28-24(31)20-9-13-22(14-10-20)32-17-18(3)4/h7-14,18H,5-6,15-17H2,1-4H3,(H,26,30)(H2,27,28,31,33). The Balaban J connectivity index is 1.81. The fraction of sp³-hybridized carbons (Fsp3) is 0.400. The van der Waals surface area contributed by atoms with Gasteiger partial charge in [0.1, 0.15) is 5.75 Å². The van der Waals surface area contributed by atoms with Crippen molar-refractivity contribution >= 4 is 34.8 Å². The Labute approximate surface area is 201 Å². The highest BCUT2D eigenvalue weighted by Gasteiger charge is 2.10. The summed E-state index contributed by atoms with van der Waals surface area (Å²) in [6.45, 7) is 12.3. The van der Waals surface area contributed by atoms with Crippen molar-refractivity contribution in [3.63, 3.8) is 0 Å². The highest BCUT2D eigenvalue weighted by molar-refractivity contribution is 7.80. The summed E-state index contributed by atoms with van der Waals surface area (Å²) in [7, 11) is 0. The monoisotopic (exact) mass is 470 g/mol. The number of ether oxygens (including phenoxy) is 1. The van der Waals surface area contributed by atoms with Crippen molar-refractivity contribution in [1.29, 1.82) is 0 Å². The molecule has 7 nitrogen and oxygen atoms in total. The smallest absolute Gasteiger partial charge is 0.257 e. The summed E-state index contributed by atoms with van der Waals surface area (Å²) in [5, 5.41) is 8.72. The summed E-state index contributed by atoms with van der Waals surface area (Å²) < 4.78 is 5.63. The summed E-state index contributed by atoms with van der Waals surface area (Å²) in [5.74, 6) is 0.716. The third-order valence-corrected chi connectivity index (χ3v) is 5.14. The van der Waals surface area contributed by atoms with Crippen LogP contribution in [0.25, 0.3) is 0 Å². The first-order valence-electron chi connectivity index (χ1n) is 11.3. The molecular weight excluding hydrogens is 436 g/mol. The molecule has 0 radical (unpaired) electrons. The van der Waals surface area contributed by atoms with Gasteiger partial charge in [-0.05, 0) is 79.8 Å². The molecule has 0 bridgehead atoms. The zero-order valence-electron chi connectivity index (χ0n) is 19.8. The van der Waals surface area contributed by atoms with E-state index in [0.29, 0.717) is 35.9 Å². The number of nitrogens with zero attached hydrogens (tertiary/aromatic N) is 1. The summed E-state index contributed by atoms with van der Waals surface area (Å²) in [6, 6.07) is 13.9. The van der Waals surface area contributed by atoms with E-state index in [-0.39, 0.29) is 16.9 Å². The maximum absolute atomic E-state index is 12.4. The van der Waals surface area contributed by atoms with Gasteiger partial charge in [-0.2, -0.15) is 0 Å². The van der Waals surface area contributed by atoms with Gasteiger partial charge in [0.15, 0.2) is 5.11 Å². The van der Waals surface area contributed by atoms with Crippen LogP contribution in [-0.4, -0.2) is 54.6 Å². The third kappa shape index (κ3) is 9.19. The predicted octanol–water partition coefficient (Wildman–Crippen LogP) is 3.92. The van der Waals surface area contributed by atoms with Crippen molar-refractivity contribution in [3.05, 3.63) is 59.7 Å². The van der Waals surface area contributed by atoms with E-state index in [1.807, 2.05) is 0 Å². The van der Waals surface area contributed by atoms with Crippen LogP contribution < -0.4 is 20.7 Å². The number of amides is 2. The van der Waals surface area contributed by atoms with Crippen LogP contribution in [0.5, 0.6) is 5.75 Å². The Kier molecular flexibility index (Phi) is 10.8. The van der Waals surface area contributed by atoms with Crippen LogP contribution in [0, 0.1) is 5.92 Å². The van der Waals surface area contributed by atoms with E-state index in [1.165, 1.54) is 0 Å². The van der Waals surface area contributed by atoms with Gasteiger partial charge in [-0.15, -0.1) is 0 Å². The molecule has 0 heterocycles. The van der Waals surface area contributed by atoms with Gasteiger partial charge in [-0.1, -0.05) is 27.7 Å². The first kappa shape index (κ1) is 26.3. The van der Waals surface area contributed by atoms with Gasteiger partial charge in [0.2, 0.25) is 0 Å². The molecule has 2 aromatic carbocycles. The first-order valence-corrected chi connectivity index (χ1v) is 11.7. The highest BCUT2D eigenvalue weighted by Crippen LogP contribution is 2.14. The fourth-order valence-corrected chi connectivity index (χ4v) is 3.19. The van der Waals surface area contributed by atoms with Crippen molar-refractivity contribution in [2.75, 3.05) is 38.1 Å². The number of carbonyl (C=O) groups is 2.